The third kappa shape index (κ3) is 2.47. The molecule has 0 aromatic heterocycles. The molecule has 1 aliphatic heterocycles. The van der Waals surface area contributed by atoms with Crippen molar-refractivity contribution in [2.24, 2.45) is 0 Å². The average Bonchev–Trinajstić information content (AvgIpc) is 2.30. The maximum absolute atomic E-state index is 6.20. The van der Waals surface area contributed by atoms with Gasteiger partial charge in [0.15, 0.2) is 0 Å². The summed E-state index contributed by atoms with van der Waals surface area (Å²) in [5.74, 6) is 0. The highest BCUT2D eigenvalue weighted by atomic mass is 35.5. The lowest BCUT2D eigenvalue weighted by Gasteiger charge is -2.29. The summed E-state index contributed by atoms with van der Waals surface area (Å²) in [6, 6.07) is 8.74. The number of benzene rings is 1. The van der Waals surface area contributed by atoms with Crippen molar-refractivity contribution in [3.8, 4) is 0 Å². The molecule has 0 fully saturated rings. The van der Waals surface area contributed by atoms with Gasteiger partial charge in [-0.05, 0) is 37.5 Å². The number of rotatable bonds is 2. The van der Waals surface area contributed by atoms with Gasteiger partial charge in [0.2, 0.25) is 0 Å². The standard InChI is InChI=1S/C14H18ClN/c1-11(2)16-9-7-12(8-10-16)13-5-3-4-6-14(13)15/h3-7,11H,8-10H2,1-2H3. The molecule has 0 bridgehead atoms. The van der Waals surface area contributed by atoms with Gasteiger partial charge >= 0.3 is 0 Å². The largest absolute Gasteiger partial charge is 0.297 e. The Bertz CT molecular complexity index is 395. The van der Waals surface area contributed by atoms with Gasteiger partial charge in [0, 0.05) is 24.2 Å². The highest BCUT2D eigenvalue weighted by molar-refractivity contribution is 6.32. The fraction of sp³-hybridized carbons (Fsp3) is 0.429. The van der Waals surface area contributed by atoms with Crippen molar-refractivity contribution in [1.82, 2.24) is 4.90 Å². The number of hydrogen-bond acceptors (Lipinski definition) is 1. The van der Waals surface area contributed by atoms with Crippen LogP contribution in [-0.4, -0.2) is 24.0 Å². The summed E-state index contributed by atoms with van der Waals surface area (Å²) >= 11 is 6.20. The zero-order chi connectivity index (χ0) is 11.5. The lowest BCUT2D eigenvalue weighted by atomic mass is 9.99. The molecule has 0 aliphatic carbocycles. The smallest absolute Gasteiger partial charge is 0.0481 e. The quantitative estimate of drug-likeness (QED) is 0.753. The summed E-state index contributed by atoms with van der Waals surface area (Å²) in [7, 11) is 0. The van der Waals surface area contributed by atoms with E-state index in [9.17, 15) is 0 Å². The van der Waals surface area contributed by atoms with Crippen molar-refractivity contribution >= 4 is 17.2 Å². The van der Waals surface area contributed by atoms with Crippen molar-refractivity contribution in [2.75, 3.05) is 13.1 Å². The van der Waals surface area contributed by atoms with Gasteiger partial charge < -0.3 is 0 Å². The Hall–Kier alpha value is -0.790. The first-order valence-electron chi connectivity index (χ1n) is 5.86. The molecule has 1 aliphatic rings. The summed E-state index contributed by atoms with van der Waals surface area (Å²) in [5, 5.41) is 0.867. The Kier molecular flexibility index (Phi) is 3.67. The third-order valence-electron chi connectivity index (χ3n) is 3.19. The van der Waals surface area contributed by atoms with E-state index in [4.69, 9.17) is 11.6 Å². The Labute approximate surface area is 103 Å². The van der Waals surface area contributed by atoms with E-state index in [-0.39, 0.29) is 0 Å². The molecular formula is C14H18ClN. The highest BCUT2D eigenvalue weighted by Gasteiger charge is 2.15. The Morgan fingerprint density at radius 3 is 2.56 bits per heavy atom. The minimum atomic E-state index is 0.629. The monoisotopic (exact) mass is 235 g/mol. The van der Waals surface area contributed by atoms with Crippen LogP contribution in [0.1, 0.15) is 25.8 Å². The van der Waals surface area contributed by atoms with Gasteiger partial charge in [0.05, 0.1) is 0 Å². The van der Waals surface area contributed by atoms with Crippen molar-refractivity contribution in [3.63, 3.8) is 0 Å². The van der Waals surface area contributed by atoms with Crippen LogP contribution in [0, 0.1) is 0 Å². The molecule has 0 amide bonds. The van der Waals surface area contributed by atoms with Gasteiger partial charge in [-0.3, -0.25) is 4.90 Å². The molecule has 86 valence electrons. The maximum atomic E-state index is 6.20. The van der Waals surface area contributed by atoms with Crippen LogP contribution in [0.15, 0.2) is 30.3 Å². The minimum absolute atomic E-state index is 0.629. The second kappa shape index (κ2) is 5.03. The van der Waals surface area contributed by atoms with Crippen molar-refractivity contribution in [3.05, 3.63) is 40.9 Å². The third-order valence-corrected chi connectivity index (χ3v) is 3.52. The van der Waals surface area contributed by atoms with Gasteiger partial charge in [-0.2, -0.15) is 0 Å². The zero-order valence-corrected chi connectivity index (χ0v) is 10.7. The summed E-state index contributed by atoms with van der Waals surface area (Å²) in [6.45, 7) is 6.66. The molecule has 16 heavy (non-hydrogen) atoms. The molecule has 1 heterocycles. The van der Waals surface area contributed by atoms with Crippen LogP contribution in [0.5, 0.6) is 0 Å². The van der Waals surface area contributed by atoms with Crippen LogP contribution in [-0.2, 0) is 0 Å². The van der Waals surface area contributed by atoms with Crippen LogP contribution >= 0.6 is 11.6 Å². The van der Waals surface area contributed by atoms with Gasteiger partial charge in [-0.1, -0.05) is 35.9 Å². The molecule has 2 heteroatoms. The highest BCUT2D eigenvalue weighted by Crippen LogP contribution is 2.28. The zero-order valence-electron chi connectivity index (χ0n) is 9.91. The van der Waals surface area contributed by atoms with E-state index in [1.54, 1.807) is 0 Å². The fourth-order valence-corrected chi connectivity index (χ4v) is 2.38. The van der Waals surface area contributed by atoms with E-state index < -0.39 is 0 Å². The van der Waals surface area contributed by atoms with Gasteiger partial charge in [-0.15, -0.1) is 0 Å². The van der Waals surface area contributed by atoms with Crippen LogP contribution in [0.25, 0.3) is 5.57 Å². The first-order chi connectivity index (χ1) is 7.68. The molecule has 1 aromatic rings. The molecule has 0 atom stereocenters. The van der Waals surface area contributed by atoms with E-state index in [1.165, 1.54) is 11.1 Å². The summed E-state index contributed by atoms with van der Waals surface area (Å²) in [4.78, 5) is 2.47. The van der Waals surface area contributed by atoms with E-state index in [0.29, 0.717) is 6.04 Å². The molecule has 2 rings (SSSR count). The Morgan fingerprint density at radius 2 is 2.00 bits per heavy atom. The lowest BCUT2D eigenvalue weighted by Crippen LogP contribution is -2.34. The first-order valence-corrected chi connectivity index (χ1v) is 6.24. The maximum Gasteiger partial charge on any atom is 0.0481 e. The molecular weight excluding hydrogens is 218 g/mol. The van der Waals surface area contributed by atoms with Crippen molar-refractivity contribution < 1.29 is 0 Å². The predicted octanol–water partition coefficient (Wildman–Crippen LogP) is 3.84. The molecule has 0 unspecified atom stereocenters. The van der Waals surface area contributed by atoms with Crippen molar-refractivity contribution in [2.45, 2.75) is 26.3 Å². The van der Waals surface area contributed by atoms with Gasteiger partial charge in [-0.25, -0.2) is 0 Å². The number of hydrogen-bond donors (Lipinski definition) is 0. The molecule has 0 saturated carbocycles. The lowest BCUT2D eigenvalue weighted by molar-refractivity contribution is 0.245. The van der Waals surface area contributed by atoms with E-state index in [2.05, 4.69) is 37.0 Å². The second-order valence-electron chi connectivity index (χ2n) is 4.55. The molecule has 0 N–H and O–H groups in total. The molecule has 1 aromatic carbocycles. The van der Waals surface area contributed by atoms with Crippen molar-refractivity contribution in [1.29, 1.82) is 0 Å². The average molecular weight is 236 g/mol. The Balaban J connectivity index is 2.16. The van der Waals surface area contributed by atoms with Crippen LogP contribution in [0.3, 0.4) is 0 Å². The number of halogens is 1. The second-order valence-corrected chi connectivity index (χ2v) is 4.96. The first kappa shape index (κ1) is 11.7. The predicted molar refractivity (Wildman–Crippen MR) is 70.8 cm³/mol. The molecule has 0 radical (unpaired) electrons. The normalized spacial score (nSPS) is 17.6. The van der Waals surface area contributed by atoms with Crippen LogP contribution in [0.4, 0.5) is 0 Å². The molecule has 0 spiro atoms. The van der Waals surface area contributed by atoms with Crippen LogP contribution < -0.4 is 0 Å². The minimum Gasteiger partial charge on any atom is -0.297 e. The summed E-state index contributed by atoms with van der Waals surface area (Å²) in [6.07, 6.45) is 3.41. The Morgan fingerprint density at radius 1 is 1.25 bits per heavy atom. The van der Waals surface area contributed by atoms with E-state index in [1.807, 2.05) is 12.1 Å². The van der Waals surface area contributed by atoms with Gasteiger partial charge in [0.1, 0.15) is 0 Å². The molecule has 0 saturated heterocycles. The van der Waals surface area contributed by atoms with E-state index in [0.717, 1.165) is 24.5 Å². The fourth-order valence-electron chi connectivity index (χ4n) is 2.12. The number of nitrogens with zero attached hydrogens (tertiary/aromatic N) is 1. The summed E-state index contributed by atoms with van der Waals surface area (Å²) < 4.78 is 0. The van der Waals surface area contributed by atoms with Gasteiger partial charge in [0.25, 0.3) is 0 Å². The van der Waals surface area contributed by atoms with E-state index >= 15 is 0 Å². The topological polar surface area (TPSA) is 3.24 Å². The molecule has 1 nitrogen and oxygen atoms in total. The summed E-state index contributed by atoms with van der Waals surface area (Å²) in [5.41, 5.74) is 2.59. The SMILES string of the molecule is CC(C)N1CC=C(c2ccccc2Cl)CC1. The van der Waals surface area contributed by atoms with Crippen LogP contribution in [0.2, 0.25) is 5.02 Å².